The zero-order chi connectivity index (χ0) is 19.6. The maximum absolute atomic E-state index is 12.8. The summed E-state index contributed by atoms with van der Waals surface area (Å²) in [5.74, 6) is 0.470. The van der Waals surface area contributed by atoms with Crippen LogP contribution in [0.2, 0.25) is 0 Å². The SMILES string of the molecule is CC(C)c1[nH]nc(C(=O)N2CCC(CNC(=O)c3cnn(C)c3)CC2)c1Br. The highest BCUT2D eigenvalue weighted by Crippen LogP contribution is 2.27. The van der Waals surface area contributed by atoms with Crippen LogP contribution in [0.25, 0.3) is 0 Å². The predicted molar refractivity (Wildman–Crippen MR) is 105 cm³/mol. The van der Waals surface area contributed by atoms with Crippen LogP contribution in [0.5, 0.6) is 0 Å². The van der Waals surface area contributed by atoms with E-state index in [4.69, 9.17) is 0 Å². The van der Waals surface area contributed by atoms with Crippen molar-refractivity contribution in [3.8, 4) is 0 Å². The first-order valence-corrected chi connectivity index (χ1v) is 9.96. The largest absolute Gasteiger partial charge is 0.352 e. The van der Waals surface area contributed by atoms with E-state index in [2.05, 4.69) is 50.4 Å². The first kappa shape index (κ1) is 19.6. The molecular formula is C18H25BrN6O2. The lowest BCUT2D eigenvalue weighted by Gasteiger charge is -2.31. The smallest absolute Gasteiger partial charge is 0.275 e. The molecule has 3 rings (SSSR count). The molecule has 9 heteroatoms. The summed E-state index contributed by atoms with van der Waals surface area (Å²) in [6, 6.07) is 0. The highest BCUT2D eigenvalue weighted by molar-refractivity contribution is 9.10. The number of halogens is 1. The summed E-state index contributed by atoms with van der Waals surface area (Å²) >= 11 is 3.50. The van der Waals surface area contributed by atoms with Crippen LogP contribution in [-0.4, -0.2) is 56.3 Å². The quantitative estimate of drug-likeness (QED) is 0.751. The van der Waals surface area contributed by atoms with Crippen molar-refractivity contribution in [2.24, 2.45) is 13.0 Å². The zero-order valence-corrected chi connectivity index (χ0v) is 17.4. The normalized spacial score (nSPS) is 15.4. The molecule has 0 aliphatic carbocycles. The van der Waals surface area contributed by atoms with Crippen LogP contribution in [0.15, 0.2) is 16.9 Å². The summed E-state index contributed by atoms with van der Waals surface area (Å²) in [6.07, 6.45) is 4.98. The van der Waals surface area contributed by atoms with Crippen molar-refractivity contribution in [3.63, 3.8) is 0 Å². The Hall–Kier alpha value is -2.16. The van der Waals surface area contributed by atoms with Crippen LogP contribution < -0.4 is 5.32 Å². The van der Waals surface area contributed by atoms with Gasteiger partial charge in [-0.1, -0.05) is 13.8 Å². The van der Waals surface area contributed by atoms with Crippen LogP contribution in [0, 0.1) is 5.92 Å². The number of carbonyl (C=O) groups is 2. The van der Waals surface area contributed by atoms with Crippen molar-refractivity contribution >= 4 is 27.7 Å². The summed E-state index contributed by atoms with van der Waals surface area (Å²) in [6.45, 7) is 6.06. The molecule has 1 saturated heterocycles. The van der Waals surface area contributed by atoms with Gasteiger partial charge in [-0.25, -0.2) is 0 Å². The first-order chi connectivity index (χ1) is 12.9. The van der Waals surface area contributed by atoms with E-state index in [1.165, 1.54) is 0 Å². The van der Waals surface area contributed by atoms with Gasteiger partial charge in [0.2, 0.25) is 0 Å². The molecule has 0 radical (unpaired) electrons. The molecule has 0 spiro atoms. The number of hydrogen-bond acceptors (Lipinski definition) is 4. The van der Waals surface area contributed by atoms with E-state index in [-0.39, 0.29) is 17.7 Å². The topological polar surface area (TPSA) is 95.9 Å². The Morgan fingerprint density at radius 2 is 2.07 bits per heavy atom. The molecule has 2 amide bonds. The van der Waals surface area contributed by atoms with Gasteiger partial charge < -0.3 is 10.2 Å². The van der Waals surface area contributed by atoms with Gasteiger partial charge in [-0.05, 0) is 40.6 Å². The number of amides is 2. The molecule has 0 aromatic carbocycles. The molecule has 146 valence electrons. The second kappa shape index (κ2) is 8.24. The summed E-state index contributed by atoms with van der Waals surface area (Å²) in [7, 11) is 1.78. The van der Waals surface area contributed by atoms with Crippen LogP contribution >= 0.6 is 15.9 Å². The third kappa shape index (κ3) is 4.40. The monoisotopic (exact) mass is 436 g/mol. The molecular weight excluding hydrogens is 412 g/mol. The summed E-state index contributed by atoms with van der Waals surface area (Å²) in [5, 5.41) is 14.1. The molecule has 1 aliphatic rings. The number of hydrogen-bond donors (Lipinski definition) is 2. The van der Waals surface area contributed by atoms with Gasteiger partial charge in [0.25, 0.3) is 11.8 Å². The van der Waals surface area contributed by atoms with Crippen molar-refractivity contribution in [1.82, 2.24) is 30.2 Å². The Morgan fingerprint density at radius 3 is 2.63 bits per heavy atom. The Morgan fingerprint density at radius 1 is 1.37 bits per heavy atom. The molecule has 0 atom stereocenters. The summed E-state index contributed by atoms with van der Waals surface area (Å²) < 4.78 is 2.37. The molecule has 1 fully saturated rings. The van der Waals surface area contributed by atoms with Gasteiger partial charge in [0.1, 0.15) is 0 Å². The van der Waals surface area contributed by atoms with Crippen LogP contribution in [0.1, 0.15) is 59.1 Å². The standard InChI is InChI=1S/C18H25BrN6O2/c1-11(2)15-14(19)16(23-22-15)18(27)25-6-4-12(5-7-25)8-20-17(26)13-9-21-24(3)10-13/h9-12H,4-8H2,1-3H3,(H,20,26)(H,22,23). The van der Waals surface area contributed by atoms with Crippen molar-refractivity contribution in [3.05, 3.63) is 33.8 Å². The molecule has 2 aromatic heterocycles. The molecule has 0 bridgehead atoms. The molecule has 8 nitrogen and oxygen atoms in total. The zero-order valence-electron chi connectivity index (χ0n) is 15.8. The lowest BCUT2D eigenvalue weighted by atomic mass is 9.96. The van der Waals surface area contributed by atoms with E-state index < -0.39 is 0 Å². The van der Waals surface area contributed by atoms with E-state index in [1.54, 1.807) is 24.1 Å². The number of nitrogens with zero attached hydrogens (tertiary/aromatic N) is 4. The van der Waals surface area contributed by atoms with Gasteiger partial charge >= 0.3 is 0 Å². The third-order valence-electron chi connectivity index (χ3n) is 4.93. The fraction of sp³-hybridized carbons (Fsp3) is 0.556. The minimum absolute atomic E-state index is 0.0529. The molecule has 2 aromatic rings. The Balaban J connectivity index is 1.50. The second-order valence-electron chi connectivity index (χ2n) is 7.30. The summed E-state index contributed by atoms with van der Waals surface area (Å²) in [4.78, 5) is 26.7. The predicted octanol–water partition coefficient (Wildman–Crippen LogP) is 2.31. The van der Waals surface area contributed by atoms with Crippen LogP contribution in [-0.2, 0) is 7.05 Å². The maximum Gasteiger partial charge on any atom is 0.275 e. The van der Waals surface area contributed by atoms with Gasteiger partial charge in [0, 0.05) is 32.9 Å². The maximum atomic E-state index is 12.8. The lowest BCUT2D eigenvalue weighted by Crippen LogP contribution is -2.41. The number of aromatic amines is 1. The van der Waals surface area contributed by atoms with E-state index >= 15 is 0 Å². The molecule has 3 heterocycles. The molecule has 0 unspecified atom stereocenters. The van der Waals surface area contributed by atoms with Crippen LogP contribution in [0.3, 0.4) is 0 Å². The van der Waals surface area contributed by atoms with Gasteiger partial charge in [0.15, 0.2) is 5.69 Å². The number of carbonyl (C=O) groups excluding carboxylic acids is 2. The van der Waals surface area contributed by atoms with Gasteiger partial charge in [0.05, 0.1) is 21.9 Å². The van der Waals surface area contributed by atoms with Gasteiger partial charge in [-0.15, -0.1) is 0 Å². The first-order valence-electron chi connectivity index (χ1n) is 9.16. The highest BCUT2D eigenvalue weighted by atomic mass is 79.9. The van der Waals surface area contributed by atoms with Crippen LogP contribution in [0.4, 0.5) is 0 Å². The number of nitrogens with one attached hydrogen (secondary N) is 2. The lowest BCUT2D eigenvalue weighted by molar-refractivity contribution is 0.0677. The molecule has 1 aliphatic heterocycles. The number of aromatic nitrogens is 4. The third-order valence-corrected chi connectivity index (χ3v) is 5.74. The molecule has 27 heavy (non-hydrogen) atoms. The Kier molecular flexibility index (Phi) is 5.98. The van der Waals surface area contributed by atoms with Gasteiger partial charge in [-0.3, -0.25) is 19.4 Å². The second-order valence-corrected chi connectivity index (χ2v) is 8.10. The summed E-state index contributed by atoms with van der Waals surface area (Å²) in [5.41, 5.74) is 1.95. The minimum Gasteiger partial charge on any atom is -0.352 e. The number of aryl methyl sites for hydroxylation is 1. The fourth-order valence-electron chi connectivity index (χ4n) is 3.23. The highest BCUT2D eigenvalue weighted by Gasteiger charge is 2.28. The van der Waals surface area contributed by atoms with E-state index in [0.717, 1.165) is 23.0 Å². The van der Waals surface area contributed by atoms with E-state index in [1.807, 2.05) is 4.90 Å². The van der Waals surface area contributed by atoms with Crippen molar-refractivity contribution in [2.75, 3.05) is 19.6 Å². The molecule has 0 saturated carbocycles. The number of H-pyrrole nitrogens is 1. The van der Waals surface area contributed by atoms with E-state index in [9.17, 15) is 9.59 Å². The Labute approximate surface area is 166 Å². The van der Waals surface area contributed by atoms with Crippen molar-refractivity contribution in [2.45, 2.75) is 32.6 Å². The van der Waals surface area contributed by atoms with Crippen molar-refractivity contribution < 1.29 is 9.59 Å². The average Bonchev–Trinajstić information content (AvgIpc) is 3.25. The number of likely N-dealkylation sites (tertiary alicyclic amines) is 1. The molecule has 2 N–H and O–H groups in total. The minimum atomic E-state index is -0.108. The Bertz CT molecular complexity index is 820. The average molecular weight is 437 g/mol. The van der Waals surface area contributed by atoms with Crippen molar-refractivity contribution in [1.29, 1.82) is 0 Å². The number of rotatable bonds is 5. The van der Waals surface area contributed by atoms with E-state index in [0.29, 0.717) is 36.8 Å². The number of piperidine rings is 1. The fourth-order valence-corrected chi connectivity index (χ4v) is 4.04. The van der Waals surface area contributed by atoms with Gasteiger partial charge in [-0.2, -0.15) is 10.2 Å².